The molecule has 44 heavy (non-hydrogen) atoms. The van der Waals surface area contributed by atoms with Crippen molar-refractivity contribution in [2.24, 2.45) is 0 Å². The van der Waals surface area contributed by atoms with E-state index in [4.69, 9.17) is 28.3 Å². The fourth-order valence-corrected chi connectivity index (χ4v) is 7.29. The average molecular weight is 649 g/mol. The molecular formula is C34H35Cl2N5O2S. The van der Waals surface area contributed by atoms with E-state index in [0.717, 1.165) is 78.3 Å². The second-order valence-electron chi connectivity index (χ2n) is 11.4. The number of aryl methyl sites for hydroxylation is 1. The Hall–Kier alpha value is -3.16. The molecule has 1 amide bonds. The number of aliphatic hydroxyl groups excluding tert-OH is 1. The average Bonchev–Trinajstić information content (AvgIpc) is 3.76. The molecule has 2 aromatic heterocycles. The number of aliphatic hydroxyl groups is 1. The van der Waals surface area contributed by atoms with Gasteiger partial charge in [0.1, 0.15) is 0 Å². The number of thiophene rings is 1. The molecule has 0 unspecified atom stereocenters. The maximum Gasteiger partial charge on any atom is 0.286 e. The van der Waals surface area contributed by atoms with Crippen LogP contribution in [0.5, 0.6) is 0 Å². The zero-order chi connectivity index (χ0) is 30.6. The lowest BCUT2D eigenvalue weighted by Gasteiger charge is -2.27. The second-order valence-corrected chi connectivity index (χ2v) is 13.3. The van der Waals surface area contributed by atoms with Gasteiger partial charge in [-0.15, -0.1) is 11.3 Å². The number of likely N-dealkylation sites (tertiary alicyclic amines) is 1. The SMILES string of the molecule is Cc1ccc(C#Cc2ccc(-c3c(CN4CCC[C@H]4CO)c(C(=O)NN4CCCCC4)nn3-c3ccc(Cl)cc3Cl)s2)cc1. The first kappa shape index (κ1) is 30.8. The molecule has 228 valence electrons. The van der Waals surface area contributed by atoms with E-state index < -0.39 is 0 Å². The summed E-state index contributed by atoms with van der Waals surface area (Å²) in [5.74, 6) is 6.33. The van der Waals surface area contributed by atoms with Crippen molar-refractivity contribution in [3.05, 3.63) is 91.9 Å². The number of nitrogens with zero attached hydrogens (tertiary/aromatic N) is 4. The first-order chi connectivity index (χ1) is 21.4. The molecule has 2 N–H and O–H groups in total. The summed E-state index contributed by atoms with van der Waals surface area (Å²) in [6, 6.07) is 17.5. The topological polar surface area (TPSA) is 73.6 Å². The molecule has 2 fully saturated rings. The van der Waals surface area contributed by atoms with Gasteiger partial charge in [0.05, 0.1) is 32.8 Å². The van der Waals surface area contributed by atoms with Crippen LogP contribution in [0.2, 0.25) is 10.0 Å². The molecular weight excluding hydrogens is 613 g/mol. The quantitative estimate of drug-likeness (QED) is 0.218. The van der Waals surface area contributed by atoms with E-state index in [-0.39, 0.29) is 18.6 Å². The summed E-state index contributed by atoms with van der Waals surface area (Å²) < 4.78 is 1.77. The monoisotopic (exact) mass is 647 g/mol. The van der Waals surface area contributed by atoms with Crippen molar-refractivity contribution in [2.45, 2.75) is 51.6 Å². The number of benzene rings is 2. The second kappa shape index (κ2) is 13.9. The van der Waals surface area contributed by atoms with Crippen molar-refractivity contribution in [1.82, 2.24) is 25.1 Å². The zero-order valence-corrected chi connectivity index (χ0v) is 27.0. The van der Waals surface area contributed by atoms with E-state index in [2.05, 4.69) is 41.2 Å². The van der Waals surface area contributed by atoms with Crippen molar-refractivity contribution in [3.63, 3.8) is 0 Å². The van der Waals surface area contributed by atoms with Crippen molar-refractivity contribution in [2.75, 3.05) is 26.2 Å². The molecule has 0 bridgehead atoms. The van der Waals surface area contributed by atoms with Gasteiger partial charge in [-0.3, -0.25) is 15.1 Å². The number of nitrogens with one attached hydrogen (secondary N) is 1. The van der Waals surface area contributed by atoms with Gasteiger partial charge in [0.25, 0.3) is 5.91 Å². The fourth-order valence-electron chi connectivity index (χ4n) is 5.88. The summed E-state index contributed by atoms with van der Waals surface area (Å²) in [6.07, 6.45) is 5.15. The maximum absolute atomic E-state index is 13.9. The van der Waals surface area contributed by atoms with Gasteiger partial charge in [-0.1, -0.05) is 59.2 Å². The molecule has 0 radical (unpaired) electrons. The van der Waals surface area contributed by atoms with E-state index in [1.54, 1.807) is 28.2 Å². The number of piperidine rings is 1. The van der Waals surface area contributed by atoms with Crippen LogP contribution in [0.3, 0.4) is 0 Å². The summed E-state index contributed by atoms with van der Waals surface area (Å²) in [7, 11) is 0. The third-order valence-corrected chi connectivity index (χ3v) is 9.79. The van der Waals surface area contributed by atoms with Crippen molar-refractivity contribution >= 4 is 40.4 Å². The molecule has 2 saturated heterocycles. The summed E-state index contributed by atoms with van der Waals surface area (Å²) >= 11 is 14.6. The maximum atomic E-state index is 13.9. The Balaban J connectivity index is 1.47. The van der Waals surface area contributed by atoms with Crippen molar-refractivity contribution in [1.29, 1.82) is 0 Å². The Morgan fingerprint density at radius 3 is 2.57 bits per heavy atom. The highest BCUT2D eigenvalue weighted by molar-refractivity contribution is 7.16. The third kappa shape index (κ3) is 6.89. The van der Waals surface area contributed by atoms with Crippen LogP contribution in [0.25, 0.3) is 16.3 Å². The van der Waals surface area contributed by atoms with Crippen molar-refractivity contribution in [3.8, 4) is 28.1 Å². The summed E-state index contributed by atoms with van der Waals surface area (Å²) in [5, 5.41) is 18.0. The Morgan fingerprint density at radius 2 is 1.82 bits per heavy atom. The molecule has 0 spiro atoms. The van der Waals surface area contributed by atoms with Crippen molar-refractivity contribution < 1.29 is 9.90 Å². The predicted molar refractivity (Wildman–Crippen MR) is 177 cm³/mol. The van der Waals surface area contributed by atoms with Gasteiger partial charge < -0.3 is 5.11 Å². The van der Waals surface area contributed by atoms with E-state index in [1.807, 2.05) is 35.3 Å². The van der Waals surface area contributed by atoms with Gasteiger partial charge in [-0.05, 0) is 81.6 Å². The van der Waals surface area contributed by atoms with Crippen LogP contribution < -0.4 is 5.43 Å². The number of hydrazine groups is 1. The van der Waals surface area contributed by atoms with E-state index in [9.17, 15) is 9.90 Å². The van der Waals surface area contributed by atoms with Crippen LogP contribution in [-0.4, -0.2) is 63.0 Å². The molecule has 10 heteroatoms. The number of rotatable bonds is 7. The zero-order valence-electron chi connectivity index (χ0n) is 24.7. The molecule has 2 aliphatic rings. The Bertz CT molecular complexity index is 1700. The number of aromatic nitrogens is 2. The molecule has 6 rings (SSSR count). The van der Waals surface area contributed by atoms with E-state index >= 15 is 0 Å². The van der Waals surface area contributed by atoms with Gasteiger partial charge in [0.2, 0.25) is 0 Å². The molecule has 2 aliphatic heterocycles. The highest BCUT2D eigenvalue weighted by Crippen LogP contribution is 2.38. The third-order valence-electron chi connectivity index (χ3n) is 8.24. The Labute approximate surface area is 272 Å². The molecule has 4 aromatic rings. The molecule has 4 heterocycles. The van der Waals surface area contributed by atoms with Gasteiger partial charge in [0, 0.05) is 41.8 Å². The van der Waals surface area contributed by atoms with Gasteiger partial charge in [0.15, 0.2) is 5.69 Å². The van der Waals surface area contributed by atoms with Crippen LogP contribution in [0.1, 0.15) is 64.2 Å². The fraction of sp³-hybridized carbons (Fsp3) is 0.353. The van der Waals surface area contributed by atoms with E-state index in [0.29, 0.717) is 28.0 Å². The van der Waals surface area contributed by atoms with Gasteiger partial charge in [-0.2, -0.15) is 5.10 Å². The molecule has 0 saturated carbocycles. The van der Waals surface area contributed by atoms with Crippen LogP contribution in [0.4, 0.5) is 0 Å². The smallest absolute Gasteiger partial charge is 0.286 e. The number of carbonyl (C=O) groups excluding carboxylic acids is 1. The summed E-state index contributed by atoms with van der Waals surface area (Å²) in [4.78, 5) is 18.0. The van der Waals surface area contributed by atoms with Crippen LogP contribution in [0.15, 0.2) is 54.6 Å². The number of amides is 1. The lowest BCUT2D eigenvalue weighted by atomic mass is 10.1. The van der Waals surface area contributed by atoms with Crippen LogP contribution >= 0.6 is 34.5 Å². The molecule has 7 nitrogen and oxygen atoms in total. The van der Waals surface area contributed by atoms with Gasteiger partial charge >= 0.3 is 0 Å². The first-order valence-electron chi connectivity index (χ1n) is 15.1. The number of carbonyl (C=O) groups is 1. The summed E-state index contributed by atoms with van der Waals surface area (Å²) in [5.41, 5.74) is 7.82. The van der Waals surface area contributed by atoms with Crippen LogP contribution in [-0.2, 0) is 6.54 Å². The minimum Gasteiger partial charge on any atom is -0.395 e. The lowest BCUT2D eigenvalue weighted by Crippen LogP contribution is -2.45. The van der Waals surface area contributed by atoms with E-state index in [1.165, 1.54) is 5.56 Å². The number of halogens is 2. The predicted octanol–water partition coefficient (Wildman–Crippen LogP) is 6.70. The number of hydrogen-bond acceptors (Lipinski definition) is 6. The molecule has 1 atom stereocenters. The Kier molecular flexibility index (Phi) is 9.72. The summed E-state index contributed by atoms with van der Waals surface area (Å²) in [6.45, 7) is 5.05. The minimum absolute atomic E-state index is 0.0302. The standard InChI is InChI=1S/C34H35Cl2N5O2S/c1-23-7-9-24(10-8-23)11-13-27-14-16-31(44-27)33-28(21-39-17-5-6-26(39)22-42)32(34(43)38-40-18-3-2-4-19-40)37-41(33)30-15-12-25(35)20-29(30)36/h7-10,12,14-16,20,26,42H,2-6,17-19,21-22H2,1H3,(H,38,43)/t26-/m0/s1. The largest absolute Gasteiger partial charge is 0.395 e. The molecule has 0 aliphatic carbocycles. The highest BCUT2D eigenvalue weighted by Gasteiger charge is 2.32. The molecule has 2 aromatic carbocycles. The Morgan fingerprint density at radius 1 is 1.02 bits per heavy atom. The lowest BCUT2D eigenvalue weighted by molar-refractivity contribution is 0.0741. The minimum atomic E-state index is -0.248. The van der Waals surface area contributed by atoms with Gasteiger partial charge in [-0.25, -0.2) is 9.69 Å². The normalized spacial score (nSPS) is 17.4. The highest BCUT2D eigenvalue weighted by atomic mass is 35.5. The number of hydrogen-bond donors (Lipinski definition) is 2. The first-order valence-corrected chi connectivity index (χ1v) is 16.6. The van der Waals surface area contributed by atoms with Crippen LogP contribution in [0, 0.1) is 18.8 Å².